The summed E-state index contributed by atoms with van der Waals surface area (Å²) in [6.45, 7) is 4.75. The van der Waals surface area contributed by atoms with Crippen LogP contribution in [0.25, 0.3) is 5.69 Å². The Kier molecular flexibility index (Phi) is 6.37. The lowest BCUT2D eigenvalue weighted by atomic mass is 10.2. The Morgan fingerprint density at radius 1 is 1.12 bits per heavy atom. The maximum atomic E-state index is 13.2. The Morgan fingerprint density at radius 2 is 1.85 bits per heavy atom. The minimum absolute atomic E-state index is 0.0858. The van der Waals surface area contributed by atoms with Gasteiger partial charge in [0.15, 0.2) is 0 Å². The lowest BCUT2D eigenvalue weighted by Gasteiger charge is -2.33. The Bertz CT molecular complexity index is 1290. The summed E-state index contributed by atoms with van der Waals surface area (Å²) in [6.07, 6.45) is 3.44. The van der Waals surface area contributed by atoms with Gasteiger partial charge in [-0.05, 0) is 38.1 Å². The molecule has 0 N–H and O–H groups in total. The SMILES string of the molecule is COC(=O)c1csc(S(=O)(=O)N2CCN(C(=O)c3cc(C)n(-c4cccnc4)c3C)CC2)c1. The number of hydrogen-bond donors (Lipinski definition) is 0. The fourth-order valence-electron chi connectivity index (χ4n) is 3.97. The number of ether oxygens (including phenoxy) is 1. The highest BCUT2D eigenvalue weighted by atomic mass is 32.2. The number of aryl methyl sites for hydroxylation is 1. The van der Waals surface area contributed by atoms with Crippen LogP contribution >= 0.6 is 11.3 Å². The molecule has 0 unspecified atom stereocenters. The van der Waals surface area contributed by atoms with E-state index in [-0.39, 0.29) is 41.9 Å². The molecule has 1 aliphatic heterocycles. The van der Waals surface area contributed by atoms with Gasteiger partial charge in [0.25, 0.3) is 15.9 Å². The van der Waals surface area contributed by atoms with E-state index >= 15 is 0 Å². The van der Waals surface area contributed by atoms with Crippen LogP contribution in [0.3, 0.4) is 0 Å². The van der Waals surface area contributed by atoms with Crippen molar-refractivity contribution in [3.63, 3.8) is 0 Å². The number of carbonyl (C=O) groups is 2. The third kappa shape index (κ3) is 4.31. The van der Waals surface area contributed by atoms with Crippen molar-refractivity contribution >= 4 is 33.2 Å². The third-order valence-electron chi connectivity index (χ3n) is 5.68. The van der Waals surface area contributed by atoms with Crippen LogP contribution < -0.4 is 0 Å². The molecule has 174 valence electrons. The molecule has 3 aromatic heterocycles. The Morgan fingerprint density at radius 3 is 2.48 bits per heavy atom. The molecule has 0 aliphatic carbocycles. The number of piperazine rings is 1. The predicted octanol–water partition coefficient (Wildman–Crippen LogP) is 2.48. The Hall–Kier alpha value is -3.02. The van der Waals surface area contributed by atoms with Crippen molar-refractivity contribution in [1.82, 2.24) is 18.8 Å². The number of methoxy groups -OCH3 is 1. The molecular weight excluding hydrogens is 464 g/mol. The van der Waals surface area contributed by atoms with Crippen molar-refractivity contribution < 1.29 is 22.7 Å². The van der Waals surface area contributed by atoms with E-state index in [0.29, 0.717) is 5.56 Å². The molecule has 1 fully saturated rings. The van der Waals surface area contributed by atoms with Gasteiger partial charge in [-0.15, -0.1) is 11.3 Å². The highest BCUT2D eigenvalue weighted by Gasteiger charge is 2.32. The van der Waals surface area contributed by atoms with Gasteiger partial charge in [0.05, 0.1) is 30.1 Å². The molecule has 0 aromatic carbocycles. The predicted molar refractivity (Wildman–Crippen MR) is 123 cm³/mol. The summed E-state index contributed by atoms with van der Waals surface area (Å²) in [6, 6.07) is 6.96. The van der Waals surface area contributed by atoms with Gasteiger partial charge in [-0.1, -0.05) is 0 Å². The first-order valence-electron chi connectivity index (χ1n) is 10.3. The molecule has 0 bridgehead atoms. The zero-order valence-corrected chi connectivity index (χ0v) is 20.1. The summed E-state index contributed by atoms with van der Waals surface area (Å²) in [5.74, 6) is -0.702. The third-order valence-corrected chi connectivity index (χ3v) is 9.00. The lowest BCUT2D eigenvalue weighted by molar-refractivity contribution is 0.0600. The van der Waals surface area contributed by atoms with Gasteiger partial charge in [0, 0.05) is 49.1 Å². The first-order chi connectivity index (χ1) is 15.7. The molecule has 0 radical (unpaired) electrons. The number of carbonyl (C=O) groups excluding carboxylic acids is 2. The van der Waals surface area contributed by atoms with Gasteiger partial charge in [-0.25, -0.2) is 13.2 Å². The van der Waals surface area contributed by atoms with E-state index in [9.17, 15) is 18.0 Å². The van der Waals surface area contributed by atoms with Crippen molar-refractivity contribution in [2.75, 3.05) is 33.3 Å². The fourth-order valence-corrected chi connectivity index (χ4v) is 6.69. The average molecular weight is 489 g/mol. The largest absolute Gasteiger partial charge is 0.465 e. The van der Waals surface area contributed by atoms with Crippen LogP contribution in [-0.2, 0) is 14.8 Å². The average Bonchev–Trinajstić information content (AvgIpc) is 3.44. The van der Waals surface area contributed by atoms with E-state index in [2.05, 4.69) is 9.72 Å². The molecule has 1 aliphatic rings. The molecule has 4 heterocycles. The number of nitrogens with zero attached hydrogens (tertiary/aromatic N) is 4. The van der Waals surface area contributed by atoms with Crippen LogP contribution in [0.4, 0.5) is 0 Å². The summed E-state index contributed by atoms with van der Waals surface area (Å²) in [4.78, 5) is 30.7. The smallest absolute Gasteiger partial charge is 0.338 e. The molecule has 1 amide bonds. The second kappa shape index (κ2) is 9.08. The monoisotopic (exact) mass is 488 g/mol. The topological polar surface area (TPSA) is 102 Å². The zero-order valence-electron chi connectivity index (χ0n) is 18.5. The number of thiophene rings is 1. The van der Waals surface area contributed by atoms with Crippen LogP contribution in [0.1, 0.15) is 32.1 Å². The van der Waals surface area contributed by atoms with Crippen LogP contribution in [0.5, 0.6) is 0 Å². The van der Waals surface area contributed by atoms with Gasteiger partial charge < -0.3 is 14.2 Å². The van der Waals surface area contributed by atoms with E-state index in [1.54, 1.807) is 17.3 Å². The van der Waals surface area contributed by atoms with E-state index < -0.39 is 16.0 Å². The molecule has 1 saturated heterocycles. The summed E-state index contributed by atoms with van der Waals surface area (Å²) in [5, 5.41) is 1.47. The van der Waals surface area contributed by atoms with Crippen LogP contribution in [0.2, 0.25) is 0 Å². The van der Waals surface area contributed by atoms with Gasteiger partial charge in [-0.3, -0.25) is 9.78 Å². The number of aromatic nitrogens is 2. The van der Waals surface area contributed by atoms with Crippen LogP contribution in [0.15, 0.2) is 46.2 Å². The second-order valence-electron chi connectivity index (χ2n) is 7.67. The number of amides is 1. The molecule has 9 nitrogen and oxygen atoms in total. The molecule has 11 heteroatoms. The number of sulfonamides is 1. The number of pyridine rings is 1. The minimum atomic E-state index is -3.75. The van der Waals surface area contributed by atoms with Crippen molar-refractivity contribution in [3.05, 3.63) is 64.6 Å². The van der Waals surface area contributed by atoms with E-state index in [1.165, 1.54) is 22.9 Å². The fraction of sp³-hybridized carbons (Fsp3) is 0.318. The maximum absolute atomic E-state index is 13.2. The first kappa shape index (κ1) is 23.1. The molecule has 4 rings (SSSR count). The quantitative estimate of drug-likeness (QED) is 0.512. The highest BCUT2D eigenvalue weighted by Crippen LogP contribution is 2.26. The second-order valence-corrected chi connectivity index (χ2v) is 10.7. The van der Waals surface area contributed by atoms with E-state index in [4.69, 9.17) is 0 Å². The lowest BCUT2D eigenvalue weighted by Crippen LogP contribution is -2.50. The molecule has 3 aromatic rings. The standard InChI is InChI=1S/C22H24N4O5S2/c1-15-11-19(16(2)26(15)18-5-4-6-23-13-18)21(27)24-7-9-25(10-8-24)33(29,30)20-12-17(14-32-20)22(28)31-3/h4-6,11-14H,7-10H2,1-3H3. The van der Waals surface area contributed by atoms with Crippen molar-refractivity contribution in [2.45, 2.75) is 18.1 Å². The number of hydrogen-bond acceptors (Lipinski definition) is 7. The van der Waals surface area contributed by atoms with Crippen LogP contribution in [0, 0.1) is 13.8 Å². The highest BCUT2D eigenvalue weighted by molar-refractivity contribution is 7.91. The van der Waals surface area contributed by atoms with Crippen LogP contribution in [-0.4, -0.2) is 72.3 Å². The number of rotatable bonds is 5. The summed E-state index contributed by atoms with van der Waals surface area (Å²) in [5.41, 5.74) is 3.41. The van der Waals surface area contributed by atoms with E-state index in [0.717, 1.165) is 28.4 Å². The Labute approximate surface area is 196 Å². The van der Waals surface area contributed by atoms with E-state index in [1.807, 2.05) is 36.6 Å². The molecule has 0 saturated carbocycles. The van der Waals surface area contributed by atoms with Gasteiger partial charge >= 0.3 is 5.97 Å². The number of esters is 1. The summed E-state index contributed by atoms with van der Waals surface area (Å²) >= 11 is 0.983. The maximum Gasteiger partial charge on any atom is 0.338 e. The zero-order chi connectivity index (χ0) is 23.8. The van der Waals surface area contributed by atoms with Gasteiger partial charge in [0.1, 0.15) is 4.21 Å². The van der Waals surface area contributed by atoms with Gasteiger partial charge in [-0.2, -0.15) is 4.31 Å². The first-order valence-corrected chi connectivity index (χ1v) is 12.6. The van der Waals surface area contributed by atoms with Crippen molar-refractivity contribution in [1.29, 1.82) is 0 Å². The van der Waals surface area contributed by atoms with Gasteiger partial charge in [0.2, 0.25) is 0 Å². The molecule has 33 heavy (non-hydrogen) atoms. The Balaban J connectivity index is 1.48. The molecular formula is C22H24N4O5S2. The molecule has 0 spiro atoms. The van der Waals surface area contributed by atoms with Crippen molar-refractivity contribution in [2.24, 2.45) is 0 Å². The van der Waals surface area contributed by atoms with Crippen molar-refractivity contribution in [3.8, 4) is 5.69 Å². The normalized spacial score (nSPS) is 14.9. The molecule has 0 atom stereocenters. The summed E-state index contributed by atoms with van der Waals surface area (Å²) < 4.78 is 34.0. The minimum Gasteiger partial charge on any atom is -0.465 e. The summed E-state index contributed by atoms with van der Waals surface area (Å²) in [7, 11) is -2.50.